The van der Waals surface area contributed by atoms with Crippen LogP contribution in [-0.4, -0.2) is 37.0 Å². The molecular formula is C16H24N2O. The van der Waals surface area contributed by atoms with Crippen molar-refractivity contribution in [3.05, 3.63) is 30.3 Å². The van der Waals surface area contributed by atoms with Gasteiger partial charge >= 0.3 is 0 Å². The lowest BCUT2D eigenvalue weighted by Crippen LogP contribution is -2.46. The van der Waals surface area contributed by atoms with Gasteiger partial charge < -0.3 is 9.80 Å². The molecule has 1 aliphatic heterocycles. The van der Waals surface area contributed by atoms with Crippen molar-refractivity contribution in [1.29, 1.82) is 0 Å². The summed E-state index contributed by atoms with van der Waals surface area (Å²) in [5.41, 5.74) is 1.05. The Hall–Kier alpha value is -1.35. The van der Waals surface area contributed by atoms with Gasteiger partial charge in [-0.3, -0.25) is 4.79 Å². The van der Waals surface area contributed by atoms with Gasteiger partial charge in [0.2, 0.25) is 5.91 Å². The van der Waals surface area contributed by atoms with E-state index >= 15 is 0 Å². The molecule has 0 bridgehead atoms. The van der Waals surface area contributed by atoms with E-state index in [2.05, 4.69) is 18.9 Å². The first-order valence-electron chi connectivity index (χ1n) is 7.28. The van der Waals surface area contributed by atoms with E-state index in [4.69, 9.17) is 0 Å². The molecule has 0 atom stereocenters. The van der Waals surface area contributed by atoms with E-state index in [0.29, 0.717) is 12.5 Å². The van der Waals surface area contributed by atoms with Crippen LogP contribution in [-0.2, 0) is 4.79 Å². The van der Waals surface area contributed by atoms with E-state index in [-0.39, 0.29) is 5.91 Å². The fourth-order valence-electron chi connectivity index (χ4n) is 2.73. The van der Waals surface area contributed by atoms with E-state index < -0.39 is 0 Å². The summed E-state index contributed by atoms with van der Waals surface area (Å²) in [6.45, 7) is 4.22. The van der Waals surface area contributed by atoms with Crippen molar-refractivity contribution in [1.82, 2.24) is 4.90 Å². The van der Waals surface area contributed by atoms with E-state index in [1.807, 2.05) is 35.2 Å². The third-order valence-electron chi connectivity index (χ3n) is 3.82. The summed E-state index contributed by atoms with van der Waals surface area (Å²) in [6, 6.07) is 10.5. The second-order valence-corrected chi connectivity index (χ2v) is 5.38. The van der Waals surface area contributed by atoms with Crippen LogP contribution in [0.15, 0.2) is 30.3 Å². The maximum absolute atomic E-state index is 12.4. The molecule has 0 radical (unpaired) electrons. The minimum atomic E-state index is 0.267. The highest BCUT2D eigenvalue weighted by Crippen LogP contribution is 2.24. The Bertz CT molecular complexity index is 396. The smallest absolute Gasteiger partial charge is 0.227 e. The van der Waals surface area contributed by atoms with Gasteiger partial charge in [-0.05, 0) is 51.5 Å². The number of carbonyl (C=O) groups is 1. The van der Waals surface area contributed by atoms with Crippen molar-refractivity contribution in [3.63, 3.8) is 0 Å². The maximum atomic E-state index is 12.4. The minimum absolute atomic E-state index is 0.267. The largest absolute Gasteiger partial charge is 0.309 e. The van der Waals surface area contributed by atoms with E-state index in [1.165, 1.54) is 0 Å². The quantitative estimate of drug-likeness (QED) is 0.831. The number of para-hydroxylation sites is 1. The standard InChI is InChI=1S/C16H24N2O/c1-3-7-16(19)18(14-8-5-4-6-9-14)15-10-12-17(2)13-11-15/h4-6,8-9,15H,3,7,10-13H2,1-2H3. The van der Waals surface area contributed by atoms with Crippen LogP contribution < -0.4 is 4.90 Å². The van der Waals surface area contributed by atoms with Crippen LogP contribution in [0.1, 0.15) is 32.6 Å². The van der Waals surface area contributed by atoms with E-state index in [9.17, 15) is 4.79 Å². The lowest BCUT2D eigenvalue weighted by atomic mass is 10.0. The SMILES string of the molecule is CCCC(=O)N(c1ccccc1)C1CCN(C)CC1. The van der Waals surface area contributed by atoms with Crippen LogP contribution in [0.25, 0.3) is 0 Å². The van der Waals surface area contributed by atoms with Crippen LogP contribution in [0, 0.1) is 0 Å². The Morgan fingerprint density at radius 3 is 2.47 bits per heavy atom. The van der Waals surface area contributed by atoms with Gasteiger partial charge in [-0.15, -0.1) is 0 Å². The van der Waals surface area contributed by atoms with Gasteiger partial charge in [0, 0.05) is 18.2 Å². The van der Waals surface area contributed by atoms with Crippen molar-refractivity contribution in [2.75, 3.05) is 25.0 Å². The molecule has 104 valence electrons. The molecule has 1 aliphatic rings. The number of hydrogen-bond acceptors (Lipinski definition) is 2. The molecule has 19 heavy (non-hydrogen) atoms. The molecule has 1 aromatic carbocycles. The van der Waals surface area contributed by atoms with Gasteiger partial charge in [0.25, 0.3) is 0 Å². The molecule has 3 nitrogen and oxygen atoms in total. The number of benzene rings is 1. The Morgan fingerprint density at radius 1 is 1.26 bits per heavy atom. The summed E-state index contributed by atoms with van der Waals surface area (Å²) in [4.78, 5) is 16.8. The van der Waals surface area contributed by atoms with Gasteiger partial charge in [-0.25, -0.2) is 0 Å². The van der Waals surface area contributed by atoms with Crippen LogP contribution in [0.5, 0.6) is 0 Å². The fraction of sp³-hybridized carbons (Fsp3) is 0.562. The number of amides is 1. The van der Waals surface area contributed by atoms with Crippen LogP contribution in [0.2, 0.25) is 0 Å². The zero-order valence-electron chi connectivity index (χ0n) is 12.0. The summed E-state index contributed by atoms with van der Waals surface area (Å²) in [5, 5.41) is 0. The van der Waals surface area contributed by atoms with Crippen molar-refractivity contribution in [3.8, 4) is 0 Å². The summed E-state index contributed by atoms with van der Waals surface area (Å²) in [6.07, 6.45) is 3.69. The normalized spacial score (nSPS) is 17.4. The Kier molecular flexibility index (Phi) is 4.97. The summed E-state index contributed by atoms with van der Waals surface area (Å²) < 4.78 is 0. The maximum Gasteiger partial charge on any atom is 0.227 e. The topological polar surface area (TPSA) is 23.6 Å². The molecule has 0 aliphatic carbocycles. The van der Waals surface area contributed by atoms with Crippen LogP contribution in [0.3, 0.4) is 0 Å². The fourth-order valence-corrected chi connectivity index (χ4v) is 2.73. The molecule has 0 unspecified atom stereocenters. The zero-order valence-corrected chi connectivity index (χ0v) is 12.0. The molecule has 1 fully saturated rings. The highest BCUT2D eigenvalue weighted by molar-refractivity contribution is 5.93. The van der Waals surface area contributed by atoms with Gasteiger partial charge in [-0.2, -0.15) is 0 Å². The average Bonchev–Trinajstić information content (AvgIpc) is 2.43. The number of hydrogen-bond donors (Lipinski definition) is 0. The predicted octanol–water partition coefficient (Wildman–Crippen LogP) is 2.91. The monoisotopic (exact) mass is 260 g/mol. The lowest BCUT2D eigenvalue weighted by Gasteiger charge is -2.37. The molecule has 0 aromatic heterocycles. The van der Waals surface area contributed by atoms with Gasteiger partial charge in [0.1, 0.15) is 0 Å². The molecular weight excluding hydrogens is 236 g/mol. The predicted molar refractivity (Wildman–Crippen MR) is 79.4 cm³/mol. The highest BCUT2D eigenvalue weighted by Gasteiger charge is 2.27. The first-order chi connectivity index (χ1) is 9.22. The molecule has 0 spiro atoms. The Labute approximate surface area is 116 Å². The third-order valence-corrected chi connectivity index (χ3v) is 3.82. The lowest BCUT2D eigenvalue weighted by molar-refractivity contribution is -0.119. The van der Waals surface area contributed by atoms with Gasteiger partial charge in [0.15, 0.2) is 0 Å². The number of nitrogens with zero attached hydrogens (tertiary/aromatic N) is 2. The van der Waals surface area contributed by atoms with Crippen molar-refractivity contribution < 1.29 is 4.79 Å². The Balaban J connectivity index is 2.17. The molecule has 0 N–H and O–H groups in total. The van der Waals surface area contributed by atoms with Crippen LogP contribution in [0.4, 0.5) is 5.69 Å². The highest BCUT2D eigenvalue weighted by atomic mass is 16.2. The van der Waals surface area contributed by atoms with E-state index in [1.54, 1.807) is 0 Å². The molecule has 0 saturated carbocycles. The minimum Gasteiger partial charge on any atom is -0.309 e. The third kappa shape index (κ3) is 3.57. The van der Waals surface area contributed by atoms with Gasteiger partial charge in [0.05, 0.1) is 0 Å². The molecule has 1 aromatic rings. The summed E-state index contributed by atoms with van der Waals surface area (Å²) in [7, 11) is 2.15. The first-order valence-corrected chi connectivity index (χ1v) is 7.28. The van der Waals surface area contributed by atoms with Crippen molar-refractivity contribution in [2.45, 2.75) is 38.6 Å². The summed E-state index contributed by atoms with van der Waals surface area (Å²) >= 11 is 0. The van der Waals surface area contributed by atoms with E-state index in [0.717, 1.165) is 38.0 Å². The molecule has 1 saturated heterocycles. The molecule has 1 heterocycles. The number of anilines is 1. The number of rotatable bonds is 4. The molecule has 1 amide bonds. The second kappa shape index (κ2) is 6.71. The second-order valence-electron chi connectivity index (χ2n) is 5.38. The van der Waals surface area contributed by atoms with Crippen molar-refractivity contribution in [2.24, 2.45) is 0 Å². The Morgan fingerprint density at radius 2 is 1.89 bits per heavy atom. The van der Waals surface area contributed by atoms with Crippen LogP contribution >= 0.6 is 0 Å². The zero-order chi connectivity index (χ0) is 13.7. The number of piperidine rings is 1. The summed E-state index contributed by atoms with van der Waals surface area (Å²) in [5.74, 6) is 0.267. The number of carbonyl (C=O) groups excluding carboxylic acids is 1. The molecule has 3 heteroatoms. The van der Waals surface area contributed by atoms with Gasteiger partial charge in [-0.1, -0.05) is 25.1 Å². The number of likely N-dealkylation sites (tertiary alicyclic amines) is 1. The molecule has 2 rings (SSSR count). The van der Waals surface area contributed by atoms with Crippen molar-refractivity contribution >= 4 is 11.6 Å². The average molecular weight is 260 g/mol. The first kappa shape index (κ1) is 14.1.